The first-order chi connectivity index (χ1) is 14.7. The number of likely N-dealkylation sites (tertiary alicyclic amines) is 1. The molecule has 8 heteroatoms. The summed E-state index contributed by atoms with van der Waals surface area (Å²) < 4.78 is 11.1. The molecule has 1 fully saturated rings. The number of anilines is 1. The third kappa shape index (κ3) is 7.80. The van der Waals surface area contributed by atoms with Crippen molar-refractivity contribution in [3.8, 4) is 0 Å². The first-order valence-corrected chi connectivity index (χ1v) is 12.1. The molecule has 0 N–H and O–H groups in total. The minimum Gasteiger partial charge on any atom is -0.444 e. The van der Waals surface area contributed by atoms with E-state index in [-0.39, 0.29) is 12.0 Å². The number of nitrogens with zero attached hydrogens (tertiary/aromatic N) is 3. The molecule has 1 aromatic heterocycles. The molecular formula is C24H39N3O4S. The fourth-order valence-corrected chi connectivity index (χ4v) is 4.40. The van der Waals surface area contributed by atoms with Gasteiger partial charge in [-0.3, -0.25) is 4.90 Å². The van der Waals surface area contributed by atoms with Gasteiger partial charge in [0.1, 0.15) is 11.2 Å². The van der Waals surface area contributed by atoms with Crippen LogP contribution < -0.4 is 4.90 Å². The number of aromatic nitrogens is 1. The summed E-state index contributed by atoms with van der Waals surface area (Å²) in [4.78, 5) is 34.5. The van der Waals surface area contributed by atoms with Crippen LogP contribution >= 0.6 is 11.3 Å². The Kier molecular flexibility index (Phi) is 8.37. The van der Waals surface area contributed by atoms with Crippen molar-refractivity contribution in [3.63, 3.8) is 0 Å². The first kappa shape index (κ1) is 26.2. The van der Waals surface area contributed by atoms with Crippen LogP contribution in [-0.4, -0.2) is 52.9 Å². The van der Waals surface area contributed by atoms with Gasteiger partial charge < -0.3 is 14.4 Å². The maximum atomic E-state index is 12.9. The standard InChI is InChI=1S/C24H39N3O4S/c1-16(2)10-15-27(22(29)31-24(7,8)9)19-17(3)32-20(25-19)18-11-13-26(14-12-18)21(28)30-23(4,5)6/h10,18H,11-15H2,1-9H3. The van der Waals surface area contributed by atoms with Gasteiger partial charge in [0.15, 0.2) is 5.82 Å². The van der Waals surface area contributed by atoms with Crippen LogP contribution in [0, 0.1) is 6.92 Å². The molecule has 1 aliphatic rings. The second-order valence-corrected chi connectivity index (χ2v) is 11.8. The van der Waals surface area contributed by atoms with Gasteiger partial charge in [-0.1, -0.05) is 11.6 Å². The highest BCUT2D eigenvalue weighted by atomic mass is 32.1. The number of piperidine rings is 1. The van der Waals surface area contributed by atoms with Crippen LogP contribution in [0.5, 0.6) is 0 Å². The van der Waals surface area contributed by atoms with Gasteiger partial charge >= 0.3 is 12.2 Å². The van der Waals surface area contributed by atoms with E-state index in [9.17, 15) is 9.59 Å². The van der Waals surface area contributed by atoms with E-state index in [0.29, 0.717) is 25.5 Å². The summed E-state index contributed by atoms with van der Waals surface area (Å²) in [6, 6.07) is 0. The Hall–Kier alpha value is -2.09. The molecule has 7 nitrogen and oxygen atoms in total. The Balaban J connectivity index is 2.15. The number of aryl methyl sites for hydroxylation is 1. The Morgan fingerprint density at radius 3 is 2.16 bits per heavy atom. The quantitative estimate of drug-likeness (QED) is 0.490. The molecule has 2 rings (SSSR count). The highest BCUT2D eigenvalue weighted by Gasteiger charge is 2.31. The highest BCUT2D eigenvalue weighted by Crippen LogP contribution is 2.36. The summed E-state index contributed by atoms with van der Waals surface area (Å²) in [7, 11) is 0. The van der Waals surface area contributed by atoms with Crippen molar-refractivity contribution in [2.24, 2.45) is 0 Å². The maximum absolute atomic E-state index is 12.9. The van der Waals surface area contributed by atoms with E-state index < -0.39 is 17.3 Å². The van der Waals surface area contributed by atoms with Crippen LogP contribution in [0.25, 0.3) is 0 Å². The zero-order valence-corrected chi connectivity index (χ0v) is 21.9. The van der Waals surface area contributed by atoms with Crippen LogP contribution in [0.4, 0.5) is 15.4 Å². The Labute approximate surface area is 196 Å². The van der Waals surface area contributed by atoms with Gasteiger partial charge in [0.05, 0.1) is 5.01 Å². The van der Waals surface area contributed by atoms with Crippen molar-refractivity contribution in [3.05, 3.63) is 21.5 Å². The molecular weight excluding hydrogens is 426 g/mol. The predicted molar refractivity (Wildman–Crippen MR) is 130 cm³/mol. The van der Waals surface area contributed by atoms with Crippen LogP contribution in [0.3, 0.4) is 0 Å². The number of thiazole rings is 1. The monoisotopic (exact) mass is 465 g/mol. The van der Waals surface area contributed by atoms with Crippen LogP contribution in [0.1, 0.15) is 84.0 Å². The molecule has 0 radical (unpaired) electrons. The molecule has 1 aromatic rings. The van der Waals surface area contributed by atoms with Crippen molar-refractivity contribution in [1.82, 2.24) is 9.88 Å². The molecule has 0 saturated carbocycles. The summed E-state index contributed by atoms with van der Waals surface area (Å²) in [5, 5.41) is 1.01. The van der Waals surface area contributed by atoms with E-state index in [1.807, 2.05) is 68.4 Å². The SMILES string of the molecule is CC(C)=CCN(C(=O)OC(C)(C)C)c1nc(C2CCN(C(=O)OC(C)(C)C)CC2)sc1C. The van der Waals surface area contributed by atoms with E-state index in [1.54, 1.807) is 21.1 Å². The average molecular weight is 466 g/mol. The van der Waals surface area contributed by atoms with Crippen LogP contribution in [-0.2, 0) is 9.47 Å². The van der Waals surface area contributed by atoms with Gasteiger partial charge in [0, 0.05) is 30.4 Å². The van der Waals surface area contributed by atoms with E-state index in [1.165, 1.54) is 0 Å². The molecule has 0 aromatic carbocycles. The lowest BCUT2D eigenvalue weighted by atomic mass is 9.98. The Morgan fingerprint density at radius 2 is 1.66 bits per heavy atom. The smallest absolute Gasteiger partial charge is 0.416 e. The van der Waals surface area contributed by atoms with Gasteiger partial charge in [-0.05, 0) is 75.2 Å². The molecule has 2 amide bonds. The highest BCUT2D eigenvalue weighted by molar-refractivity contribution is 7.12. The minimum absolute atomic E-state index is 0.259. The maximum Gasteiger partial charge on any atom is 0.416 e. The van der Waals surface area contributed by atoms with Gasteiger partial charge in [0.25, 0.3) is 0 Å². The van der Waals surface area contributed by atoms with Crippen molar-refractivity contribution in [2.45, 2.75) is 92.3 Å². The number of allylic oxidation sites excluding steroid dienone is 1. The van der Waals surface area contributed by atoms with Crippen molar-refractivity contribution < 1.29 is 19.1 Å². The summed E-state index contributed by atoms with van der Waals surface area (Å²) in [5.74, 6) is 0.918. The molecule has 0 spiro atoms. The van der Waals surface area contributed by atoms with Crippen molar-refractivity contribution in [1.29, 1.82) is 0 Å². The normalized spacial score (nSPS) is 15.3. The fraction of sp³-hybridized carbons (Fsp3) is 0.708. The van der Waals surface area contributed by atoms with Crippen molar-refractivity contribution in [2.75, 3.05) is 24.5 Å². The van der Waals surface area contributed by atoms with Crippen molar-refractivity contribution >= 4 is 29.3 Å². The predicted octanol–water partition coefficient (Wildman–Crippen LogP) is 6.27. The van der Waals surface area contributed by atoms with Crippen LogP contribution in [0.15, 0.2) is 11.6 Å². The van der Waals surface area contributed by atoms with E-state index in [4.69, 9.17) is 14.5 Å². The number of rotatable bonds is 4. The zero-order valence-electron chi connectivity index (χ0n) is 21.1. The van der Waals surface area contributed by atoms with E-state index >= 15 is 0 Å². The molecule has 1 aliphatic heterocycles. The molecule has 2 heterocycles. The first-order valence-electron chi connectivity index (χ1n) is 11.3. The number of ether oxygens (including phenoxy) is 2. The Bertz CT molecular complexity index is 836. The minimum atomic E-state index is -0.582. The number of carbonyl (C=O) groups excluding carboxylic acids is 2. The molecule has 0 bridgehead atoms. The fourth-order valence-electron chi connectivity index (χ4n) is 3.31. The number of carbonyl (C=O) groups is 2. The lowest BCUT2D eigenvalue weighted by Gasteiger charge is -2.32. The van der Waals surface area contributed by atoms with Gasteiger partial charge in [-0.2, -0.15) is 0 Å². The third-order valence-corrected chi connectivity index (χ3v) is 5.96. The summed E-state index contributed by atoms with van der Waals surface area (Å²) in [6.45, 7) is 18.9. The molecule has 1 saturated heterocycles. The largest absolute Gasteiger partial charge is 0.444 e. The second-order valence-electron chi connectivity index (χ2n) is 10.5. The molecule has 0 atom stereocenters. The lowest BCUT2D eigenvalue weighted by Crippen LogP contribution is -2.41. The summed E-state index contributed by atoms with van der Waals surface area (Å²) >= 11 is 1.62. The number of amides is 2. The number of hydrogen-bond acceptors (Lipinski definition) is 6. The van der Waals surface area contributed by atoms with Gasteiger partial charge in [-0.15, -0.1) is 11.3 Å². The topological polar surface area (TPSA) is 72.0 Å². The van der Waals surface area contributed by atoms with Crippen LogP contribution in [0.2, 0.25) is 0 Å². The summed E-state index contributed by atoms with van der Waals surface area (Å²) in [5.41, 5.74) is 0.0499. The lowest BCUT2D eigenvalue weighted by molar-refractivity contribution is 0.0204. The van der Waals surface area contributed by atoms with Gasteiger partial charge in [0.2, 0.25) is 0 Å². The van der Waals surface area contributed by atoms with E-state index in [2.05, 4.69) is 0 Å². The molecule has 32 heavy (non-hydrogen) atoms. The summed E-state index contributed by atoms with van der Waals surface area (Å²) in [6.07, 6.45) is 3.00. The van der Waals surface area contributed by atoms with Gasteiger partial charge in [-0.25, -0.2) is 14.6 Å². The number of hydrogen-bond donors (Lipinski definition) is 0. The second kappa shape index (κ2) is 10.2. The van der Waals surface area contributed by atoms with E-state index in [0.717, 1.165) is 28.3 Å². The molecule has 0 aliphatic carbocycles. The molecule has 180 valence electrons. The Morgan fingerprint density at radius 1 is 1.09 bits per heavy atom. The molecule has 0 unspecified atom stereocenters. The zero-order chi connectivity index (χ0) is 24.3. The third-order valence-electron chi connectivity index (χ3n) is 4.84. The average Bonchev–Trinajstić information content (AvgIpc) is 3.00.